The SMILES string of the molecule is CC1(C)c2ccccc2-c2c1ccc1c3c(ccc21)C(C)(C)c1cc2ccc4cccc5ccc(c1-3)c2c45. The fourth-order valence-electron chi connectivity index (χ4n) is 8.12. The maximum atomic E-state index is 2.49. The van der Waals surface area contributed by atoms with Crippen molar-refractivity contribution >= 4 is 43.1 Å². The normalized spacial score (nSPS) is 16.3. The van der Waals surface area contributed by atoms with Gasteiger partial charge in [-0.15, -0.1) is 0 Å². The first-order valence-electron chi connectivity index (χ1n) is 13.8. The van der Waals surface area contributed by atoms with Gasteiger partial charge in [-0.3, -0.25) is 0 Å². The van der Waals surface area contributed by atoms with Crippen LogP contribution in [0.3, 0.4) is 0 Å². The highest BCUT2D eigenvalue weighted by Gasteiger charge is 2.40. The molecule has 0 unspecified atom stereocenters. The topological polar surface area (TPSA) is 0 Å². The molecule has 0 radical (unpaired) electrons. The second kappa shape index (κ2) is 6.45. The summed E-state index contributed by atoms with van der Waals surface area (Å²) in [6, 6.07) is 37.2. The fraction of sp³-hybridized carbons (Fsp3) is 0.158. The van der Waals surface area contributed by atoms with Crippen molar-refractivity contribution in [2.24, 2.45) is 0 Å². The number of hydrogen-bond donors (Lipinski definition) is 0. The Labute approximate surface area is 222 Å². The van der Waals surface area contributed by atoms with E-state index in [0.717, 1.165) is 0 Å². The summed E-state index contributed by atoms with van der Waals surface area (Å²) >= 11 is 0. The average molecular weight is 485 g/mol. The summed E-state index contributed by atoms with van der Waals surface area (Å²) in [5.74, 6) is 0. The van der Waals surface area contributed by atoms with E-state index < -0.39 is 0 Å². The van der Waals surface area contributed by atoms with Crippen molar-refractivity contribution in [1.82, 2.24) is 0 Å². The molecule has 0 bridgehead atoms. The summed E-state index contributed by atoms with van der Waals surface area (Å²) < 4.78 is 0. The quantitative estimate of drug-likeness (QED) is 0.188. The highest BCUT2D eigenvalue weighted by atomic mass is 14.4. The molecular formula is C38H28. The van der Waals surface area contributed by atoms with Crippen LogP contribution in [-0.4, -0.2) is 0 Å². The van der Waals surface area contributed by atoms with Crippen molar-refractivity contribution in [3.8, 4) is 22.3 Å². The molecule has 7 aromatic carbocycles. The number of fused-ring (bicyclic) bond motifs is 10. The predicted molar refractivity (Wildman–Crippen MR) is 163 cm³/mol. The van der Waals surface area contributed by atoms with Crippen LogP contribution in [-0.2, 0) is 10.8 Å². The Kier molecular flexibility index (Phi) is 3.54. The van der Waals surface area contributed by atoms with Crippen LogP contribution >= 0.6 is 0 Å². The maximum Gasteiger partial charge on any atom is 0.0159 e. The smallest absolute Gasteiger partial charge is 0.0159 e. The Morgan fingerprint density at radius 1 is 0.395 bits per heavy atom. The average Bonchev–Trinajstić information content (AvgIpc) is 3.31. The van der Waals surface area contributed by atoms with Crippen molar-refractivity contribution in [2.75, 3.05) is 0 Å². The highest BCUT2D eigenvalue weighted by molar-refractivity contribution is 6.28. The first-order valence-corrected chi connectivity index (χ1v) is 13.8. The summed E-state index contributed by atoms with van der Waals surface area (Å²) in [4.78, 5) is 0. The van der Waals surface area contributed by atoms with Gasteiger partial charge in [-0.1, -0.05) is 119 Å². The zero-order valence-electron chi connectivity index (χ0n) is 22.2. The van der Waals surface area contributed by atoms with Gasteiger partial charge >= 0.3 is 0 Å². The van der Waals surface area contributed by atoms with Gasteiger partial charge in [0.25, 0.3) is 0 Å². The molecule has 0 aromatic heterocycles. The van der Waals surface area contributed by atoms with E-state index in [9.17, 15) is 0 Å². The molecule has 9 rings (SSSR count). The van der Waals surface area contributed by atoms with Crippen LogP contribution in [0.5, 0.6) is 0 Å². The Hall–Kier alpha value is -4.16. The lowest BCUT2D eigenvalue weighted by Gasteiger charge is -2.23. The Morgan fingerprint density at radius 2 is 0.974 bits per heavy atom. The van der Waals surface area contributed by atoms with Gasteiger partial charge in [0.15, 0.2) is 0 Å². The number of rotatable bonds is 0. The van der Waals surface area contributed by atoms with Crippen molar-refractivity contribution in [3.05, 3.63) is 119 Å². The lowest BCUT2D eigenvalue weighted by Crippen LogP contribution is -2.15. The monoisotopic (exact) mass is 484 g/mol. The van der Waals surface area contributed by atoms with Crippen molar-refractivity contribution in [3.63, 3.8) is 0 Å². The molecule has 0 heteroatoms. The molecule has 2 aliphatic carbocycles. The first-order chi connectivity index (χ1) is 18.4. The standard InChI is InChI=1S/C38H28/c1-37(2)28-11-6-5-10-26(28)34-24-16-19-30-35(25(24)17-18-29(34)37)36-27-15-14-22-9-7-8-21-12-13-23(33(27)32(21)22)20-31(36)38(30,3)4/h5-20H,1-4H3. The molecule has 2 aliphatic rings. The Balaban J connectivity index is 1.48. The Bertz CT molecular complexity index is 2150. The number of hydrogen-bond acceptors (Lipinski definition) is 0. The minimum atomic E-state index is -0.0561. The largest absolute Gasteiger partial charge is 0.0619 e. The zero-order chi connectivity index (χ0) is 25.6. The van der Waals surface area contributed by atoms with Crippen LogP contribution in [0.25, 0.3) is 65.3 Å². The van der Waals surface area contributed by atoms with Crippen LogP contribution in [0, 0.1) is 0 Å². The van der Waals surface area contributed by atoms with Crippen LogP contribution < -0.4 is 0 Å². The molecule has 0 aliphatic heterocycles. The molecule has 180 valence electrons. The van der Waals surface area contributed by atoms with Gasteiger partial charge in [-0.05, 0) is 93.7 Å². The van der Waals surface area contributed by atoms with E-state index in [-0.39, 0.29) is 10.8 Å². The van der Waals surface area contributed by atoms with Gasteiger partial charge in [0.2, 0.25) is 0 Å². The lowest BCUT2D eigenvalue weighted by atomic mass is 9.80. The minimum Gasteiger partial charge on any atom is -0.0619 e. The van der Waals surface area contributed by atoms with Crippen molar-refractivity contribution < 1.29 is 0 Å². The Morgan fingerprint density at radius 3 is 1.76 bits per heavy atom. The van der Waals surface area contributed by atoms with Crippen molar-refractivity contribution in [1.29, 1.82) is 0 Å². The molecule has 0 N–H and O–H groups in total. The summed E-state index contributed by atoms with van der Waals surface area (Å²) in [7, 11) is 0. The zero-order valence-corrected chi connectivity index (χ0v) is 22.2. The van der Waals surface area contributed by atoms with Gasteiger partial charge in [-0.25, -0.2) is 0 Å². The van der Waals surface area contributed by atoms with E-state index in [2.05, 4.69) is 125 Å². The highest BCUT2D eigenvalue weighted by Crippen LogP contribution is 2.58. The van der Waals surface area contributed by atoms with Gasteiger partial charge in [0.05, 0.1) is 0 Å². The molecule has 0 fully saturated rings. The molecule has 7 aromatic rings. The van der Waals surface area contributed by atoms with E-state index in [1.54, 1.807) is 0 Å². The minimum absolute atomic E-state index is 0.0105. The van der Waals surface area contributed by atoms with Gasteiger partial charge in [0, 0.05) is 10.8 Å². The van der Waals surface area contributed by atoms with Gasteiger partial charge in [0.1, 0.15) is 0 Å². The van der Waals surface area contributed by atoms with Crippen LogP contribution in [0.2, 0.25) is 0 Å². The van der Waals surface area contributed by atoms with Gasteiger partial charge in [-0.2, -0.15) is 0 Å². The number of benzene rings is 7. The van der Waals surface area contributed by atoms with Crippen LogP contribution in [0.4, 0.5) is 0 Å². The van der Waals surface area contributed by atoms with E-state index in [1.807, 2.05) is 0 Å². The molecule has 0 amide bonds. The van der Waals surface area contributed by atoms with Gasteiger partial charge < -0.3 is 0 Å². The molecule has 0 heterocycles. The molecule has 0 nitrogen and oxygen atoms in total. The maximum absolute atomic E-state index is 2.49. The van der Waals surface area contributed by atoms with E-state index in [1.165, 1.54) is 87.6 Å². The first kappa shape index (κ1) is 20.8. The molecular weight excluding hydrogens is 456 g/mol. The third kappa shape index (κ3) is 2.22. The van der Waals surface area contributed by atoms with E-state index >= 15 is 0 Å². The lowest BCUT2D eigenvalue weighted by molar-refractivity contribution is 0.660. The third-order valence-corrected chi connectivity index (χ3v) is 9.99. The molecule has 0 saturated heterocycles. The summed E-state index contributed by atoms with van der Waals surface area (Å²) in [6.45, 7) is 9.57. The second-order valence-electron chi connectivity index (χ2n) is 12.5. The van der Waals surface area contributed by atoms with Crippen molar-refractivity contribution in [2.45, 2.75) is 38.5 Å². The van der Waals surface area contributed by atoms with Crippen LogP contribution in [0.15, 0.2) is 97.1 Å². The third-order valence-electron chi connectivity index (χ3n) is 9.99. The molecule has 0 spiro atoms. The van der Waals surface area contributed by atoms with E-state index in [4.69, 9.17) is 0 Å². The molecule has 0 saturated carbocycles. The summed E-state index contributed by atoms with van der Waals surface area (Å²) in [5.41, 5.74) is 11.4. The fourth-order valence-corrected chi connectivity index (χ4v) is 8.12. The predicted octanol–water partition coefficient (Wildman–Crippen LogP) is 10.3. The van der Waals surface area contributed by atoms with Crippen LogP contribution in [0.1, 0.15) is 49.9 Å². The molecule has 38 heavy (non-hydrogen) atoms. The molecule has 0 atom stereocenters. The second-order valence-corrected chi connectivity index (χ2v) is 12.5. The summed E-state index contributed by atoms with van der Waals surface area (Å²) in [6.07, 6.45) is 0. The summed E-state index contributed by atoms with van der Waals surface area (Å²) in [5, 5.41) is 11.0. The van der Waals surface area contributed by atoms with E-state index in [0.29, 0.717) is 0 Å².